The Morgan fingerprint density at radius 2 is 1.79 bits per heavy atom. The summed E-state index contributed by atoms with van der Waals surface area (Å²) < 4.78 is 40.6. The second kappa shape index (κ2) is 7.26. The number of benzene rings is 1. The predicted octanol–water partition coefficient (Wildman–Crippen LogP) is 3.17. The number of imidazole rings is 1. The highest BCUT2D eigenvalue weighted by molar-refractivity contribution is 5.94. The third-order valence-corrected chi connectivity index (χ3v) is 5.01. The molecule has 10 heteroatoms. The highest BCUT2D eigenvalue weighted by Gasteiger charge is 2.31. The normalized spacial score (nSPS) is 15.6. The first-order valence-corrected chi connectivity index (χ1v) is 9.02. The number of amides is 1. The summed E-state index contributed by atoms with van der Waals surface area (Å²) in [4.78, 5) is 35.4. The number of aromatic amines is 2. The first kappa shape index (κ1) is 19.0. The van der Waals surface area contributed by atoms with Crippen LogP contribution in [0.5, 0.6) is 5.75 Å². The molecule has 3 aromatic rings. The van der Waals surface area contributed by atoms with E-state index in [0.29, 0.717) is 42.7 Å². The predicted molar refractivity (Wildman–Crippen MR) is 97.7 cm³/mol. The summed E-state index contributed by atoms with van der Waals surface area (Å²) in [5.74, 6) is -0.439. The van der Waals surface area contributed by atoms with Crippen molar-refractivity contribution in [2.24, 2.45) is 0 Å². The average molecular weight is 406 g/mol. The lowest BCUT2D eigenvalue weighted by atomic mass is 9.89. The van der Waals surface area contributed by atoms with Crippen molar-refractivity contribution in [3.8, 4) is 5.75 Å². The van der Waals surface area contributed by atoms with E-state index in [0.717, 1.165) is 17.7 Å². The number of hydrogen-bond acceptors (Lipinski definition) is 4. The molecule has 2 N–H and O–H groups in total. The van der Waals surface area contributed by atoms with Gasteiger partial charge >= 0.3 is 12.1 Å². The number of pyridine rings is 1. The van der Waals surface area contributed by atoms with E-state index in [2.05, 4.69) is 19.7 Å². The molecule has 1 aromatic carbocycles. The minimum absolute atomic E-state index is 0.165. The molecule has 7 nitrogen and oxygen atoms in total. The Morgan fingerprint density at radius 3 is 2.45 bits per heavy atom. The summed E-state index contributed by atoms with van der Waals surface area (Å²) >= 11 is 0. The van der Waals surface area contributed by atoms with Crippen LogP contribution in [-0.2, 0) is 0 Å². The van der Waals surface area contributed by atoms with Gasteiger partial charge in [-0.2, -0.15) is 0 Å². The largest absolute Gasteiger partial charge is 0.573 e. The number of likely N-dealkylation sites (tertiary alicyclic amines) is 1. The summed E-state index contributed by atoms with van der Waals surface area (Å²) in [6.45, 7) is 1.01. The van der Waals surface area contributed by atoms with Crippen LogP contribution in [0.4, 0.5) is 13.2 Å². The molecule has 0 aliphatic carbocycles. The number of piperidine rings is 1. The summed E-state index contributed by atoms with van der Waals surface area (Å²) in [5.41, 5.74) is 2.16. The van der Waals surface area contributed by atoms with Crippen LogP contribution in [0, 0.1) is 0 Å². The summed E-state index contributed by atoms with van der Waals surface area (Å²) in [6, 6.07) is 6.78. The first-order chi connectivity index (χ1) is 13.8. The van der Waals surface area contributed by atoms with E-state index in [-0.39, 0.29) is 23.3 Å². The minimum Gasteiger partial charge on any atom is -0.406 e. The number of carbonyl (C=O) groups excluding carboxylic acids is 1. The maximum absolute atomic E-state index is 12.7. The molecule has 1 saturated heterocycles. The lowest BCUT2D eigenvalue weighted by Crippen LogP contribution is -2.38. The molecule has 1 fully saturated rings. The average Bonchev–Trinajstić information content (AvgIpc) is 3.07. The maximum Gasteiger partial charge on any atom is 0.573 e. The van der Waals surface area contributed by atoms with Crippen molar-refractivity contribution in [2.75, 3.05) is 13.1 Å². The Hall–Kier alpha value is -3.30. The monoisotopic (exact) mass is 406 g/mol. The van der Waals surface area contributed by atoms with E-state index in [4.69, 9.17) is 0 Å². The van der Waals surface area contributed by atoms with Crippen LogP contribution < -0.4 is 10.4 Å². The van der Waals surface area contributed by atoms with Gasteiger partial charge in [-0.05, 0) is 54.7 Å². The van der Waals surface area contributed by atoms with Crippen LogP contribution >= 0.6 is 0 Å². The Kier molecular flexibility index (Phi) is 4.77. The van der Waals surface area contributed by atoms with E-state index >= 15 is 0 Å². The van der Waals surface area contributed by atoms with Crippen LogP contribution in [0.1, 0.15) is 34.7 Å². The molecule has 4 rings (SSSR count). The highest BCUT2D eigenvalue weighted by atomic mass is 19.4. The van der Waals surface area contributed by atoms with Crippen molar-refractivity contribution < 1.29 is 22.7 Å². The molecule has 0 saturated carbocycles. The second-order valence-electron chi connectivity index (χ2n) is 6.84. The van der Waals surface area contributed by atoms with E-state index in [1.807, 2.05) is 6.07 Å². The third-order valence-electron chi connectivity index (χ3n) is 5.01. The third kappa shape index (κ3) is 4.10. The highest BCUT2D eigenvalue weighted by Crippen LogP contribution is 2.31. The number of carbonyl (C=O) groups is 1. The lowest BCUT2D eigenvalue weighted by Gasteiger charge is -2.32. The molecule has 0 radical (unpaired) electrons. The van der Waals surface area contributed by atoms with Crippen molar-refractivity contribution >= 4 is 17.1 Å². The SMILES string of the molecule is O=C(c1ccc(OC(F)(F)F)cc1)N1CCC(c2ccnc3[nH]c(=O)[nH]c23)CC1. The summed E-state index contributed by atoms with van der Waals surface area (Å²) in [5, 5.41) is 0. The van der Waals surface area contributed by atoms with Crippen LogP contribution in [-0.4, -0.2) is 45.2 Å². The fourth-order valence-electron chi connectivity index (χ4n) is 3.67. The van der Waals surface area contributed by atoms with E-state index in [1.165, 1.54) is 12.1 Å². The fraction of sp³-hybridized carbons (Fsp3) is 0.316. The molecule has 1 aliphatic rings. The van der Waals surface area contributed by atoms with Gasteiger partial charge in [0.25, 0.3) is 5.91 Å². The van der Waals surface area contributed by atoms with Gasteiger partial charge in [0.1, 0.15) is 5.75 Å². The van der Waals surface area contributed by atoms with Gasteiger partial charge in [-0.3, -0.25) is 9.78 Å². The van der Waals surface area contributed by atoms with Gasteiger partial charge in [-0.1, -0.05) is 0 Å². The number of ether oxygens (including phenoxy) is 1. The summed E-state index contributed by atoms with van der Waals surface area (Å²) in [7, 11) is 0. The molecule has 1 aliphatic heterocycles. The Balaban J connectivity index is 1.42. The molecule has 0 unspecified atom stereocenters. The van der Waals surface area contributed by atoms with Crippen molar-refractivity contribution in [3.63, 3.8) is 0 Å². The first-order valence-electron chi connectivity index (χ1n) is 9.02. The molecule has 0 atom stereocenters. The number of alkyl halides is 3. The molecular weight excluding hydrogens is 389 g/mol. The van der Waals surface area contributed by atoms with Gasteiger partial charge in [0.2, 0.25) is 0 Å². The maximum atomic E-state index is 12.7. The van der Waals surface area contributed by atoms with Gasteiger partial charge in [0.05, 0.1) is 5.52 Å². The number of halogens is 3. The lowest BCUT2D eigenvalue weighted by molar-refractivity contribution is -0.274. The zero-order valence-electron chi connectivity index (χ0n) is 15.1. The summed E-state index contributed by atoms with van der Waals surface area (Å²) in [6.07, 6.45) is -1.72. The Bertz CT molecular complexity index is 1080. The van der Waals surface area contributed by atoms with Crippen molar-refractivity contribution in [1.82, 2.24) is 19.9 Å². The van der Waals surface area contributed by atoms with Crippen molar-refractivity contribution in [1.29, 1.82) is 0 Å². The molecule has 29 heavy (non-hydrogen) atoms. The number of fused-ring (bicyclic) bond motifs is 1. The van der Waals surface area contributed by atoms with Gasteiger partial charge in [-0.25, -0.2) is 9.78 Å². The van der Waals surface area contributed by atoms with E-state index in [9.17, 15) is 22.8 Å². The topological polar surface area (TPSA) is 91.1 Å². The van der Waals surface area contributed by atoms with E-state index < -0.39 is 6.36 Å². The molecular formula is C19H17F3N4O3. The van der Waals surface area contributed by atoms with Gasteiger partial charge in [0.15, 0.2) is 5.65 Å². The Labute approximate surface area is 162 Å². The second-order valence-corrected chi connectivity index (χ2v) is 6.84. The van der Waals surface area contributed by atoms with Crippen LogP contribution in [0.3, 0.4) is 0 Å². The van der Waals surface area contributed by atoms with Crippen molar-refractivity contribution in [3.05, 3.63) is 58.1 Å². The Morgan fingerprint density at radius 1 is 1.10 bits per heavy atom. The van der Waals surface area contributed by atoms with Gasteiger partial charge in [-0.15, -0.1) is 13.2 Å². The minimum atomic E-state index is -4.77. The molecule has 2 aromatic heterocycles. The molecule has 3 heterocycles. The van der Waals surface area contributed by atoms with Gasteiger partial charge in [0, 0.05) is 24.8 Å². The molecule has 0 bridgehead atoms. The number of H-pyrrole nitrogens is 2. The number of nitrogens with zero attached hydrogens (tertiary/aromatic N) is 2. The van der Waals surface area contributed by atoms with Crippen molar-refractivity contribution in [2.45, 2.75) is 25.1 Å². The quantitative estimate of drug-likeness (QED) is 0.699. The number of hydrogen-bond donors (Lipinski definition) is 2. The van der Waals surface area contributed by atoms with Crippen LogP contribution in [0.15, 0.2) is 41.3 Å². The van der Waals surface area contributed by atoms with E-state index in [1.54, 1.807) is 11.1 Å². The number of rotatable bonds is 3. The zero-order valence-corrected chi connectivity index (χ0v) is 15.1. The standard InChI is InChI=1S/C19H17F3N4O3/c20-19(21,22)29-13-3-1-12(2-4-13)17(27)26-9-6-11(7-10-26)14-5-8-23-16-15(14)24-18(28)25-16/h1-5,8,11H,6-7,9-10H2,(H2,23,24,25,28). The molecule has 152 valence electrons. The zero-order chi connectivity index (χ0) is 20.6. The van der Waals surface area contributed by atoms with Gasteiger partial charge < -0.3 is 14.6 Å². The number of nitrogens with one attached hydrogen (secondary N) is 2. The molecule has 1 amide bonds. The van der Waals surface area contributed by atoms with Crippen LogP contribution in [0.25, 0.3) is 11.2 Å². The number of aromatic nitrogens is 3. The smallest absolute Gasteiger partial charge is 0.406 e. The van der Waals surface area contributed by atoms with Crippen LogP contribution in [0.2, 0.25) is 0 Å². The fourth-order valence-corrected chi connectivity index (χ4v) is 3.67. The molecule has 0 spiro atoms.